The van der Waals surface area contributed by atoms with Gasteiger partial charge < -0.3 is 0 Å². The minimum Gasteiger partial charge on any atom is -0.0622 e. The van der Waals surface area contributed by atoms with Crippen LogP contribution in [0.15, 0.2) is 78.9 Å². The number of hydrogen-bond acceptors (Lipinski definition) is 0. The van der Waals surface area contributed by atoms with E-state index in [2.05, 4.69) is 85.8 Å². The molecule has 0 atom stereocenters. The first-order valence-corrected chi connectivity index (χ1v) is 8.04. The van der Waals surface area contributed by atoms with Crippen molar-refractivity contribution in [3.63, 3.8) is 0 Å². The minimum absolute atomic E-state index is 1.01. The molecule has 0 fully saturated rings. The monoisotopic (exact) mass is 286 g/mol. The zero-order chi connectivity index (χ0) is 15.2. The van der Waals surface area contributed by atoms with Crippen LogP contribution in [0.5, 0.6) is 0 Å². The summed E-state index contributed by atoms with van der Waals surface area (Å²) in [7, 11) is 0. The number of benzene rings is 3. The van der Waals surface area contributed by atoms with E-state index >= 15 is 0 Å². The van der Waals surface area contributed by atoms with E-state index in [1.807, 2.05) is 0 Å². The summed E-state index contributed by atoms with van der Waals surface area (Å²) in [5.74, 6) is 0. The molecule has 3 rings (SSSR count). The van der Waals surface area contributed by atoms with Crippen molar-refractivity contribution in [2.24, 2.45) is 0 Å². The normalized spacial score (nSPS) is 10.6. The number of rotatable bonds is 5. The van der Waals surface area contributed by atoms with Gasteiger partial charge in [-0.2, -0.15) is 0 Å². The molecule has 0 spiro atoms. The first kappa shape index (κ1) is 14.6. The summed E-state index contributed by atoms with van der Waals surface area (Å²) in [6, 6.07) is 28.3. The molecule has 0 heteroatoms. The molecular formula is C22H22. The molecule has 0 saturated carbocycles. The van der Waals surface area contributed by atoms with Gasteiger partial charge in [-0.15, -0.1) is 0 Å². The van der Waals surface area contributed by atoms with Crippen LogP contribution in [0, 0.1) is 0 Å². The van der Waals surface area contributed by atoms with Gasteiger partial charge in [-0.05, 0) is 47.1 Å². The number of hydrogen-bond donors (Lipinski definition) is 0. The highest BCUT2D eigenvalue weighted by atomic mass is 14.1. The average Bonchev–Trinajstić information content (AvgIpc) is 2.58. The lowest BCUT2D eigenvalue weighted by atomic mass is 9.90. The van der Waals surface area contributed by atoms with Gasteiger partial charge >= 0.3 is 0 Å². The van der Waals surface area contributed by atoms with Gasteiger partial charge in [0, 0.05) is 0 Å². The zero-order valence-corrected chi connectivity index (χ0v) is 13.1. The van der Waals surface area contributed by atoms with Gasteiger partial charge in [0.05, 0.1) is 0 Å². The molecule has 0 aromatic heterocycles. The van der Waals surface area contributed by atoms with Crippen LogP contribution >= 0.6 is 0 Å². The van der Waals surface area contributed by atoms with Gasteiger partial charge in [0.2, 0.25) is 0 Å². The molecular weight excluding hydrogens is 264 g/mol. The van der Waals surface area contributed by atoms with E-state index in [0.717, 1.165) is 19.3 Å². The average molecular weight is 286 g/mol. The number of aryl methyl sites for hydroxylation is 1. The maximum absolute atomic E-state index is 2.28. The van der Waals surface area contributed by atoms with Crippen LogP contribution in [0.25, 0.3) is 0 Å². The molecule has 0 saturated heterocycles. The fourth-order valence-corrected chi connectivity index (χ4v) is 3.03. The van der Waals surface area contributed by atoms with Crippen molar-refractivity contribution in [3.8, 4) is 0 Å². The van der Waals surface area contributed by atoms with Crippen LogP contribution in [0.2, 0.25) is 0 Å². The van der Waals surface area contributed by atoms with E-state index in [1.54, 1.807) is 0 Å². The highest BCUT2D eigenvalue weighted by Gasteiger charge is 2.09. The predicted molar refractivity (Wildman–Crippen MR) is 94.3 cm³/mol. The third-order valence-electron chi connectivity index (χ3n) is 4.21. The van der Waals surface area contributed by atoms with E-state index in [0.29, 0.717) is 0 Å². The van der Waals surface area contributed by atoms with E-state index in [4.69, 9.17) is 0 Å². The van der Waals surface area contributed by atoms with Gasteiger partial charge in [0.25, 0.3) is 0 Å². The van der Waals surface area contributed by atoms with E-state index in [-0.39, 0.29) is 0 Å². The summed E-state index contributed by atoms with van der Waals surface area (Å²) in [5, 5.41) is 0. The van der Waals surface area contributed by atoms with Crippen LogP contribution in [-0.4, -0.2) is 0 Å². The second kappa shape index (κ2) is 7.09. The van der Waals surface area contributed by atoms with Gasteiger partial charge in [0.1, 0.15) is 0 Å². The van der Waals surface area contributed by atoms with Crippen LogP contribution in [0.1, 0.15) is 34.7 Å². The van der Waals surface area contributed by atoms with Crippen molar-refractivity contribution in [2.45, 2.75) is 26.2 Å². The highest BCUT2D eigenvalue weighted by Crippen LogP contribution is 2.22. The lowest BCUT2D eigenvalue weighted by molar-refractivity contribution is 1.02. The molecule has 22 heavy (non-hydrogen) atoms. The molecule has 0 unspecified atom stereocenters. The second-order valence-electron chi connectivity index (χ2n) is 5.73. The second-order valence-corrected chi connectivity index (χ2v) is 5.73. The molecule has 0 amide bonds. The molecule has 0 aliphatic heterocycles. The Morgan fingerprint density at radius 3 is 1.68 bits per heavy atom. The zero-order valence-electron chi connectivity index (χ0n) is 13.1. The first-order chi connectivity index (χ1) is 10.9. The maximum Gasteiger partial charge on any atom is -0.00202 e. The molecule has 0 radical (unpaired) electrons. The molecule has 0 N–H and O–H groups in total. The largest absolute Gasteiger partial charge is 0.0622 e. The van der Waals surface area contributed by atoms with Crippen LogP contribution in [0.3, 0.4) is 0 Å². The standard InChI is InChI=1S/C22H22/c1-2-20-14-9-15-21(16-18-10-5-3-6-11-18)22(20)17-19-12-7-4-8-13-19/h3-15H,2,16-17H2,1H3. The van der Waals surface area contributed by atoms with Crippen LogP contribution in [-0.2, 0) is 19.3 Å². The van der Waals surface area contributed by atoms with Gasteiger partial charge in [-0.3, -0.25) is 0 Å². The topological polar surface area (TPSA) is 0 Å². The summed E-state index contributed by atoms with van der Waals surface area (Å²) >= 11 is 0. The highest BCUT2D eigenvalue weighted by molar-refractivity contribution is 5.41. The van der Waals surface area contributed by atoms with Crippen molar-refractivity contribution in [1.29, 1.82) is 0 Å². The first-order valence-electron chi connectivity index (χ1n) is 8.04. The SMILES string of the molecule is CCc1cccc(Cc2ccccc2)c1Cc1ccccc1. The quantitative estimate of drug-likeness (QED) is 0.586. The Hall–Kier alpha value is -2.34. The Morgan fingerprint density at radius 1 is 0.545 bits per heavy atom. The van der Waals surface area contributed by atoms with Gasteiger partial charge in [-0.25, -0.2) is 0 Å². The van der Waals surface area contributed by atoms with Crippen molar-refractivity contribution >= 4 is 0 Å². The molecule has 0 heterocycles. The smallest absolute Gasteiger partial charge is 0.00202 e. The molecule has 3 aromatic carbocycles. The molecule has 0 nitrogen and oxygen atoms in total. The van der Waals surface area contributed by atoms with Gasteiger partial charge in [0.15, 0.2) is 0 Å². The van der Waals surface area contributed by atoms with Crippen molar-refractivity contribution in [3.05, 3.63) is 107 Å². The fourth-order valence-electron chi connectivity index (χ4n) is 3.03. The summed E-state index contributed by atoms with van der Waals surface area (Å²) in [4.78, 5) is 0. The summed E-state index contributed by atoms with van der Waals surface area (Å²) in [6.45, 7) is 2.25. The van der Waals surface area contributed by atoms with E-state index < -0.39 is 0 Å². The molecule has 3 aromatic rings. The lowest BCUT2D eigenvalue weighted by Gasteiger charge is -2.14. The van der Waals surface area contributed by atoms with Gasteiger partial charge in [-0.1, -0.05) is 85.8 Å². The summed E-state index contributed by atoms with van der Waals surface area (Å²) in [6.07, 6.45) is 3.12. The Kier molecular flexibility index (Phi) is 4.70. The third kappa shape index (κ3) is 3.46. The lowest BCUT2D eigenvalue weighted by Crippen LogP contribution is -2.02. The molecule has 0 aliphatic carbocycles. The van der Waals surface area contributed by atoms with Crippen LogP contribution in [0.4, 0.5) is 0 Å². The molecule has 0 aliphatic rings. The summed E-state index contributed by atoms with van der Waals surface area (Å²) < 4.78 is 0. The van der Waals surface area contributed by atoms with Crippen LogP contribution < -0.4 is 0 Å². The predicted octanol–water partition coefficient (Wildman–Crippen LogP) is 5.43. The molecule has 110 valence electrons. The Morgan fingerprint density at radius 2 is 1.09 bits per heavy atom. The Balaban J connectivity index is 1.95. The summed E-state index contributed by atoms with van der Waals surface area (Å²) in [5.41, 5.74) is 7.19. The van der Waals surface area contributed by atoms with Crippen molar-refractivity contribution in [2.75, 3.05) is 0 Å². The Bertz CT molecular complexity index is 712. The fraction of sp³-hybridized carbons (Fsp3) is 0.182. The Labute approximate surface area is 133 Å². The van der Waals surface area contributed by atoms with Crippen molar-refractivity contribution in [1.82, 2.24) is 0 Å². The molecule has 0 bridgehead atoms. The van der Waals surface area contributed by atoms with Crippen molar-refractivity contribution < 1.29 is 0 Å². The maximum atomic E-state index is 2.28. The van der Waals surface area contributed by atoms with E-state index in [1.165, 1.54) is 27.8 Å². The minimum atomic E-state index is 1.01. The van der Waals surface area contributed by atoms with E-state index in [9.17, 15) is 0 Å². The third-order valence-corrected chi connectivity index (χ3v) is 4.21.